The molecular formula is C23H20F3N3O3. The van der Waals surface area contributed by atoms with E-state index in [2.05, 4.69) is 15.3 Å². The molecule has 4 rings (SSSR count). The minimum atomic E-state index is -4.67. The second-order valence-electron chi connectivity index (χ2n) is 7.39. The third kappa shape index (κ3) is 4.21. The molecule has 1 aromatic carbocycles. The first kappa shape index (κ1) is 21.9. The Balaban J connectivity index is 1.74. The number of anilines is 1. The Labute approximate surface area is 181 Å². The van der Waals surface area contributed by atoms with Crippen LogP contribution in [0.4, 0.5) is 18.9 Å². The van der Waals surface area contributed by atoms with Crippen LogP contribution in [-0.2, 0) is 17.5 Å². The molecule has 0 saturated heterocycles. The van der Waals surface area contributed by atoms with Crippen molar-refractivity contribution in [2.75, 3.05) is 19.0 Å². The highest BCUT2D eigenvalue weighted by Crippen LogP contribution is 2.29. The van der Waals surface area contributed by atoms with Crippen LogP contribution in [0.15, 0.2) is 59.2 Å². The van der Waals surface area contributed by atoms with E-state index in [1.165, 1.54) is 6.07 Å². The molecule has 2 aliphatic rings. The summed E-state index contributed by atoms with van der Waals surface area (Å²) in [5.74, 6) is -0.661. The van der Waals surface area contributed by atoms with Gasteiger partial charge in [0.15, 0.2) is 0 Å². The first-order valence-electron chi connectivity index (χ1n) is 9.92. The predicted molar refractivity (Wildman–Crippen MR) is 111 cm³/mol. The number of methoxy groups -OCH3 is 1. The molecule has 166 valence electrons. The first-order chi connectivity index (χ1) is 15.3. The number of rotatable bonds is 6. The number of halogens is 3. The van der Waals surface area contributed by atoms with Crippen molar-refractivity contribution in [3.05, 3.63) is 81.8 Å². The van der Waals surface area contributed by atoms with Gasteiger partial charge in [-0.25, -0.2) is 9.98 Å². The average molecular weight is 443 g/mol. The highest BCUT2D eigenvalue weighted by molar-refractivity contribution is 6.04. The van der Waals surface area contributed by atoms with Gasteiger partial charge in [-0.2, -0.15) is 13.2 Å². The van der Waals surface area contributed by atoms with Crippen LogP contribution in [0, 0.1) is 5.92 Å². The summed E-state index contributed by atoms with van der Waals surface area (Å²) in [6.45, 7) is 0.229. The van der Waals surface area contributed by atoms with Crippen LogP contribution >= 0.6 is 0 Å². The van der Waals surface area contributed by atoms with E-state index in [0.29, 0.717) is 28.4 Å². The molecule has 1 unspecified atom stereocenters. The number of alkyl halides is 3. The molecular weight excluding hydrogens is 423 g/mol. The quantitative estimate of drug-likeness (QED) is 0.719. The van der Waals surface area contributed by atoms with Gasteiger partial charge in [0.1, 0.15) is 11.4 Å². The van der Waals surface area contributed by atoms with Crippen LogP contribution in [0.5, 0.6) is 0 Å². The molecule has 1 amide bonds. The number of nitrogens with zero attached hydrogens (tertiary/aromatic N) is 2. The van der Waals surface area contributed by atoms with Crippen molar-refractivity contribution in [3.63, 3.8) is 0 Å². The Morgan fingerprint density at radius 1 is 1.25 bits per heavy atom. The van der Waals surface area contributed by atoms with Crippen LogP contribution in [0.3, 0.4) is 0 Å². The fourth-order valence-electron chi connectivity index (χ4n) is 3.70. The molecule has 1 atom stereocenters. The number of ether oxygens (including phenoxy) is 1. The van der Waals surface area contributed by atoms with Crippen molar-refractivity contribution in [1.29, 1.82) is 0 Å². The molecule has 2 aromatic rings. The lowest BCUT2D eigenvalue weighted by Crippen LogP contribution is -2.31. The Bertz CT molecular complexity index is 1250. The van der Waals surface area contributed by atoms with E-state index in [1.807, 2.05) is 18.2 Å². The highest BCUT2D eigenvalue weighted by atomic mass is 19.4. The maximum atomic E-state index is 13.0. The molecule has 0 bridgehead atoms. The summed E-state index contributed by atoms with van der Waals surface area (Å²) in [7, 11) is 1.64. The molecule has 2 heterocycles. The van der Waals surface area contributed by atoms with Gasteiger partial charge in [0.2, 0.25) is 0 Å². The minimum Gasteiger partial charge on any atom is -0.392 e. The molecule has 9 heteroatoms. The number of hydrogen-bond donors (Lipinski definition) is 2. The summed E-state index contributed by atoms with van der Waals surface area (Å²) >= 11 is 0. The van der Waals surface area contributed by atoms with Gasteiger partial charge in [-0.15, -0.1) is 0 Å². The Morgan fingerprint density at radius 2 is 2.06 bits per heavy atom. The number of aromatic nitrogens is 1. The fraction of sp³-hybridized carbons (Fsp3) is 0.261. The normalized spacial score (nSPS) is 16.8. The van der Waals surface area contributed by atoms with Crippen LogP contribution < -0.4 is 15.9 Å². The number of aliphatic hydroxyl groups excluding tert-OH is 1. The van der Waals surface area contributed by atoms with Crippen LogP contribution in [0.2, 0.25) is 0 Å². The molecule has 1 aliphatic heterocycles. The lowest BCUT2D eigenvalue weighted by atomic mass is 9.94. The second kappa shape index (κ2) is 8.68. The number of carbonyl (C=O) groups excluding carboxylic acids is 1. The van der Waals surface area contributed by atoms with Gasteiger partial charge in [0.05, 0.1) is 23.3 Å². The summed E-state index contributed by atoms with van der Waals surface area (Å²) in [5, 5.41) is 13.7. The fourth-order valence-corrected chi connectivity index (χ4v) is 3.70. The zero-order valence-corrected chi connectivity index (χ0v) is 17.1. The smallest absolute Gasteiger partial charge is 0.392 e. The van der Waals surface area contributed by atoms with E-state index in [1.54, 1.807) is 19.2 Å². The van der Waals surface area contributed by atoms with E-state index >= 15 is 0 Å². The van der Waals surface area contributed by atoms with Gasteiger partial charge in [0, 0.05) is 30.1 Å². The Kier molecular flexibility index (Phi) is 5.94. The topological polar surface area (TPSA) is 83.8 Å². The molecule has 6 nitrogen and oxygen atoms in total. The van der Waals surface area contributed by atoms with Crippen molar-refractivity contribution in [3.8, 4) is 0 Å². The zero-order valence-electron chi connectivity index (χ0n) is 17.1. The van der Waals surface area contributed by atoms with Gasteiger partial charge in [-0.05, 0) is 30.5 Å². The molecule has 0 fully saturated rings. The first-order valence-corrected chi connectivity index (χ1v) is 9.92. The summed E-state index contributed by atoms with van der Waals surface area (Å²) in [4.78, 5) is 20.9. The minimum absolute atomic E-state index is 0.149. The number of hydrogen-bond acceptors (Lipinski definition) is 5. The van der Waals surface area contributed by atoms with E-state index in [9.17, 15) is 23.1 Å². The van der Waals surface area contributed by atoms with Gasteiger partial charge in [0.25, 0.3) is 5.91 Å². The average Bonchev–Trinajstić information content (AvgIpc) is 3.15. The number of fused-ring (bicyclic) bond motifs is 2. The largest absolute Gasteiger partial charge is 0.433 e. The Morgan fingerprint density at radius 3 is 2.78 bits per heavy atom. The van der Waals surface area contributed by atoms with Crippen LogP contribution in [-0.4, -0.2) is 29.7 Å². The van der Waals surface area contributed by atoms with Crippen molar-refractivity contribution in [2.24, 2.45) is 10.9 Å². The van der Waals surface area contributed by atoms with Gasteiger partial charge in [-0.3, -0.25) is 4.79 Å². The maximum absolute atomic E-state index is 13.0. The number of carbonyl (C=O) groups is 1. The highest BCUT2D eigenvalue weighted by Gasteiger charge is 2.33. The lowest BCUT2D eigenvalue weighted by Gasteiger charge is -2.15. The van der Waals surface area contributed by atoms with Crippen LogP contribution in [0.1, 0.15) is 28.2 Å². The lowest BCUT2D eigenvalue weighted by molar-refractivity contribution is -0.141. The number of allylic oxidation sites excluding steroid dienone is 3. The third-order valence-corrected chi connectivity index (χ3v) is 5.27. The number of amides is 1. The number of nitrogens with one attached hydrogen (secondary N) is 1. The monoisotopic (exact) mass is 443 g/mol. The third-order valence-electron chi connectivity index (χ3n) is 5.27. The molecule has 32 heavy (non-hydrogen) atoms. The number of aliphatic hydroxyl groups is 1. The van der Waals surface area contributed by atoms with Crippen molar-refractivity contribution < 1.29 is 27.8 Å². The van der Waals surface area contributed by atoms with Crippen LogP contribution in [0.25, 0.3) is 5.57 Å². The second-order valence-corrected chi connectivity index (χ2v) is 7.39. The number of benzene rings is 1. The summed E-state index contributed by atoms with van der Waals surface area (Å²) in [6.07, 6.45) is 2.05. The van der Waals surface area contributed by atoms with Gasteiger partial charge in [-0.1, -0.05) is 30.4 Å². The molecule has 0 radical (unpaired) electrons. The number of pyridine rings is 1. The maximum Gasteiger partial charge on any atom is 0.433 e. The summed E-state index contributed by atoms with van der Waals surface area (Å²) in [6, 6.07) is 6.50. The SMILES string of the molecule is COCCC1C=CC2=c3c(NC(=O)c4cccc(C(F)(F)F)n4)c(CO)ccc3=NC2=C1. The standard InChI is InChI=1S/C23H20F3N3O3/c1-32-10-9-13-5-7-15-18(11-13)27-16-8-6-14(12-30)21(20(15)16)29-22(31)17-3-2-4-19(28-17)23(24,25)26/h2-8,11,13,30H,9-10,12H2,1H3,(H,29,31). The van der Waals surface area contributed by atoms with E-state index < -0.39 is 17.8 Å². The predicted octanol–water partition coefficient (Wildman–Crippen LogP) is 2.74. The zero-order chi connectivity index (χ0) is 22.9. The van der Waals surface area contributed by atoms with Crippen molar-refractivity contribution >= 4 is 17.2 Å². The van der Waals surface area contributed by atoms with Crippen molar-refractivity contribution in [2.45, 2.75) is 19.2 Å². The van der Waals surface area contributed by atoms with E-state index in [-0.39, 0.29) is 18.2 Å². The molecule has 0 spiro atoms. The van der Waals surface area contributed by atoms with E-state index in [4.69, 9.17) is 4.74 Å². The van der Waals surface area contributed by atoms with Gasteiger partial charge >= 0.3 is 6.18 Å². The summed E-state index contributed by atoms with van der Waals surface area (Å²) < 4.78 is 44.1. The molecule has 1 aromatic heterocycles. The molecule has 2 N–H and O–H groups in total. The van der Waals surface area contributed by atoms with Crippen molar-refractivity contribution in [1.82, 2.24) is 4.98 Å². The van der Waals surface area contributed by atoms with Gasteiger partial charge < -0.3 is 15.2 Å². The van der Waals surface area contributed by atoms with E-state index in [0.717, 1.165) is 29.8 Å². The molecule has 0 saturated carbocycles. The molecule has 1 aliphatic carbocycles. The Hall–Kier alpha value is -3.30. The summed E-state index contributed by atoms with van der Waals surface area (Å²) in [5.41, 5.74) is 0.704.